The highest BCUT2D eigenvalue weighted by molar-refractivity contribution is 7.98. The number of halogens is 2. The summed E-state index contributed by atoms with van der Waals surface area (Å²) < 4.78 is 27.5. The smallest absolute Gasteiger partial charge is 0.261 e. The lowest BCUT2D eigenvalue weighted by molar-refractivity contribution is 0.101. The molecule has 3 heterocycles. The number of hydrogen-bond donors (Lipinski definition) is 3. The molecule has 1 aliphatic heterocycles. The molecule has 0 spiro atoms. The summed E-state index contributed by atoms with van der Waals surface area (Å²) in [4.78, 5) is 20.0. The minimum absolute atomic E-state index is 0.298. The van der Waals surface area contributed by atoms with Gasteiger partial charge < -0.3 is 10.3 Å². The van der Waals surface area contributed by atoms with Gasteiger partial charge >= 0.3 is 0 Å². The van der Waals surface area contributed by atoms with E-state index in [-0.39, 0.29) is 0 Å². The number of fused-ring (bicyclic) bond motifs is 1. The van der Waals surface area contributed by atoms with E-state index >= 15 is 0 Å². The number of imidazole rings is 1. The van der Waals surface area contributed by atoms with E-state index < -0.39 is 23.1 Å². The van der Waals surface area contributed by atoms with Gasteiger partial charge in [-0.05, 0) is 24.3 Å². The van der Waals surface area contributed by atoms with Crippen LogP contribution in [0.4, 0.5) is 14.5 Å². The molecule has 25 heavy (non-hydrogen) atoms. The minimum atomic E-state index is -0.923. The molecule has 0 bridgehead atoms. The fourth-order valence-corrected chi connectivity index (χ4v) is 3.62. The van der Waals surface area contributed by atoms with Crippen LogP contribution in [0.25, 0.3) is 11.5 Å². The Labute approximate surface area is 145 Å². The van der Waals surface area contributed by atoms with Crippen LogP contribution >= 0.6 is 11.8 Å². The van der Waals surface area contributed by atoms with E-state index in [0.717, 1.165) is 41.4 Å². The topological polar surface area (TPSA) is 86.5 Å². The summed E-state index contributed by atoms with van der Waals surface area (Å²) >= 11 is 1.80. The fraction of sp³-hybridized carbons (Fsp3) is 0.188. The summed E-state index contributed by atoms with van der Waals surface area (Å²) in [6.45, 7) is 0. The van der Waals surface area contributed by atoms with Crippen molar-refractivity contribution in [1.29, 1.82) is 0 Å². The first kappa shape index (κ1) is 15.8. The first-order valence-corrected chi connectivity index (χ1v) is 8.74. The van der Waals surface area contributed by atoms with Crippen molar-refractivity contribution in [2.24, 2.45) is 0 Å². The first-order valence-electron chi connectivity index (χ1n) is 7.58. The number of aromatic nitrogens is 4. The highest BCUT2D eigenvalue weighted by atomic mass is 32.2. The molecule has 0 unspecified atom stereocenters. The van der Waals surface area contributed by atoms with Gasteiger partial charge in [0.2, 0.25) is 0 Å². The zero-order chi connectivity index (χ0) is 17.4. The molecule has 2 aromatic heterocycles. The minimum Gasteiger partial charge on any atom is -0.340 e. The summed E-state index contributed by atoms with van der Waals surface area (Å²) in [6, 6.07) is 3.27. The van der Waals surface area contributed by atoms with E-state index in [2.05, 4.69) is 25.5 Å². The third-order valence-electron chi connectivity index (χ3n) is 3.90. The van der Waals surface area contributed by atoms with Crippen LogP contribution < -0.4 is 5.32 Å². The predicted molar refractivity (Wildman–Crippen MR) is 90.3 cm³/mol. The second kappa shape index (κ2) is 6.32. The molecule has 9 heteroatoms. The lowest BCUT2D eigenvalue weighted by Gasteiger charge is -2.07. The van der Waals surface area contributed by atoms with E-state index in [1.54, 1.807) is 11.8 Å². The molecule has 1 aliphatic rings. The maximum absolute atomic E-state index is 13.8. The van der Waals surface area contributed by atoms with E-state index in [1.807, 2.05) is 0 Å². The number of hydrogen-bond acceptors (Lipinski definition) is 4. The molecule has 0 radical (unpaired) electrons. The number of nitrogens with zero attached hydrogens (tertiary/aromatic N) is 2. The molecular formula is C16H13F2N5OS. The van der Waals surface area contributed by atoms with Crippen LogP contribution in [0.3, 0.4) is 0 Å². The monoisotopic (exact) mass is 361 g/mol. The number of rotatable bonds is 3. The van der Waals surface area contributed by atoms with Crippen molar-refractivity contribution in [2.45, 2.75) is 12.2 Å². The van der Waals surface area contributed by atoms with Gasteiger partial charge in [-0.25, -0.2) is 13.8 Å². The lowest BCUT2D eigenvalue weighted by Crippen LogP contribution is -2.16. The first-order chi connectivity index (χ1) is 12.1. The highest BCUT2D eigenvalue weighted by Crippen LogP contribution is 2.29. The van der Waals surface area contributed by atoms with Crippen molar-refractivity contribution in [2.75, 3.05) is 11.1 Å². The van der Waals surface area contributed by atoms with Gasteiger partial charge in [0.05, 0.1) is 11.4 Å². The van der Waals surface area contributed by atoms with E-state index in [0.29, 0.717) is 17.2 Å². The van der Waals surface area contributed by atoms with Gasteiger partial charge in [-0.3, -0.25) is 9.89 Å². The predicted octanol–water partition coefficient (Wildman–Crippen LogP) is 3.12. The number of benzene rings is 1. The maximum Gasteiger partial charge on any atom is 0.261 e. The Balaban J connectivity index is 1.64. The molecule has 3 N–H and O–H groups in total. The van der Waals surface area contributed by atoms with Crippen LogP contribution in [0.5, 0.6) is 0 Å². The van der Waals surface area contributed by atoms with Crippen molar-refractivity contribution in [1.82, 2.24) is 20.2 Å². The maximum atomic E-state index is 13.8. The Kier molecular flexibility index (Phi) is 4.00. The lowest BCUT2D eigenvalue weighted by atomic mass is 10.2. The average molecular weight is 361 g/mol. The summed E-state index contributed by atoms with van der Waals surface area (Å²) in [6.07, 6.45) is 2.34. The molecule has 0 aliphatic carbocycles. The SMILES string of the molecule is O=C(Nc1c[nH]nc1-c1nc2c([nH]1)CCSC2)c1c(F)cccc1F. The van der Waals surface area contributed by atoms with Gasteiger partial charge in [0.25, 0.3) is 5.91 Å². The molecule has 4 rings (SSSR count). The van der Waals surface area contributed by atoms with Crippen molar-refractivity contribution >= 4 is 23.4 Å². The van der Waals surface area contributed by atoms with Gasteiger partial charge in [-0.15, -0.1) is 0 Å². The third-order valence-corrected chi connectivity index (χ3v) is 4.87. The normalized spacial score (nSPS) is 13.5. The van der Waals surface area contributed by atoms with Crippen LogP contribution in [-0.4, -0.2) is 31.8 Å². The Morgan fingerprint density at radius 3 is 2.84 bits per heavy atom. The van der Waals surface area contributed by atoms with Crippen molar-refractivity contribution < 1.29 is 13.6 Å². The van der Waals surface area contributed by atoms with Crippen molar-refractivity contribution in [3.63, 3.8) is 0 Å². The number of carbonyl (C=O) groups excluding carboxylic acids is 1. The highest BCUT2D eigenvalue weighted by Gasteiger charge is 2.22. The second-order valence-corrected chi connectivity index (χ2v) is 6.62. The standard InChI is InChI=1S/C16H13F2N5OS/c17-8-2-1-3-9(18)13(8)16(24)22-11-6-19-23-14(11)15-20-10-4-5-25-7-12(10)21-15/h1-3,6H,4-5,7H2,(H,19,23)(H,20,21)(H,22,24). The molecule has 1 amide bonds. The van der Waals surface area contributed by atoms with E-state index in [1.165, 1.54) is 12.3 Å². The number of thioether (sulfide) groups is 1. The molecular weight excluding hydrogens is 348 g/mol. The van der Waals surface area contributed by atoms with Crippen LogP contribution in [0, 0.1) is 11.6 Å². The van der Waals surface area contributed by atoms with E-state index in [9.17, 15) is 13.6 Å². The van der Waals surface area contributed by atoms with Gasteiger partial charge in [0.15, 0.2) is 11.5 Å². The number of aryl methyl sites for hydroxylation is 1. The molecule has 0 atom stereocenters. The third kappa shape index (κ3) is 2.91. The summed E-state index contributed by atoms with van der Waals surface area (Å²) in [5.74, 6) is -0.381. The second-order valence-electron chi connectivity index (χ2n) is 5.51. The number of nitrogens with one attached hydrogen (secondary N) is 3. The number of anilines is 1. The zero-order valence-electron chi connectivity index (χ0n) is 12.9. The molecule has 6 nitrogen and oxygen atoms in total. The Morgan fingerprint density at radius 1 is 1.28 bits per heavy atom. The van der Waals surface area contributed by atoms with Crippen molar-refractivity contribution in [3.8, 4) is 11.5 Å². The van der Waals surface area contributed by atoms with Crippen LogP contribution in [0.1, 0.15) is 21.7 Å². The fourth-order valence-electron chi connectivity index (χ4n) is 2.69. The molecule has 128 valence electrons. The zero-order valence-corrected chi connectivity index (χ0v) is 13.7. The average Bonchev–Trinajstić information content (AvgIpc) is 3.20. The Bertz CT molecular complexity index is 908. The molecule has 3 aromatic rings. The molecule has 0 saturated heterocycles. The van der Waals surface area contributed by atoms with Crippen LogP contribution in [0.15, 0.2) is 24.4 Å². The largest absolute Gasteiger partial charge is 0.340 e. The summed E-state index contributed by atoms with van der Waals surface area (Å²) in [5, 5.41) is 9.23. The summed E-state index contributed by atoms with van der Waals surface area (Å²) in [5.41, 5.74) is 2.07. The van der Waals surface area contributed by atoms with Gasteiger partial charge in [-0.2, -0.15) is 16.9 Å². The molecule has 0 saturated carbocycles. The Morgan fingerprint density at radius 2 is 2.08 bits per heavy atom. The summed E-state index contributed by atoms with van der Waals surface area (Å²) in [7, 11) is 0. The van der Waals surface area contributed by atoms with Crippen LogP contribution in [0.2, 0.25) is 0 Å². The van der Waals surface area contributed by atoms with Gasteiger partial charge in [0, 0.05) is 17.6 Å². The Hall–Kier alpha value is -2.68. The van der Waals surface area contributed by atoms with Crippen LogP contribution in [-0.2, 0) is 12.2 Å². The number of amides is 1. The van der Waals surface area contributed by atoms with E-state index in [4.69, 9.17) is 0 Å². The van der Waals surface area contributed by atoms with Crippen molar-refractivity contribution in [3.05, 3.63) is 53.0 Å². The number of H-pyrrole nitrogens is 2. The number of aromatic amines is 2. The molecule has 1 aromatic carbocycles. The van der Waals surface area contributed by atoms with Gasteiger partial charge in [-0.1, -0.05) is 6.07 Å². The quantitative estimate of drug-likeness (QED) is 0.669. The number of carbonyl (C=O) groups is 1. The molecule has 0 fully saturated rings. The van der Waals surface area contributed by atoms with Gasteiger partial charge in [0.1, 0.15) is 17.2 Å².